The number of furan rings is 1. The monoisotopic (exact) mass is 330 g/mol. The Morgan fingerprint density at radius 2 is 2.08 bits per heavy atom. The molecule has 4 heterocycles. The van der Waals surface area contributed by atoms with Crippen LogP contribution in [0.1, 0.15) is 11.3 Å². The van der Waals surface area contributed by atoms with Gasteiger partial charge in [-0.1, -0.05) is 6.07 Å². The van der Waals surface area contributed by atoms with Gasteiger partial charge in [-0.05, 0) is 29.2 Å². The zero-order valence-electron chi connectivity index (χ0n) is 13.4. The first-order chi connectivity index (χ1) is 12.3. The topological polar surface area (TPSA) is 80.3 Å². The van der Waals surface area contributed by atoms with E-state index in [2.05, 4.69) is 25.7 Å². The molecule has 0 unspecified atom stereocenters. The van der Waals surface area contributed by atoms with E-state index in [1.54, 1.807) is 23.2 Å². The number of anilines is 2. The van der Waals surface area contributed by atoms with Crippen LogP contribution in [0.15, 0.2) is 59.6 Å². The van der Waals surface area contributed by atoms with Crippen LogP contribution in [-0.4, -0.2) is 27.4 Å². The molecule has 0 aliphatic heterocycles. The van der Waals surface area contributed by atoms with Crippen molar-refractivity contribution < 1.29 is 4.42 Å². The summed E-state index contributed by atoms with van der Waals surface area (Å²) in [5.74, 6) is 2.30. The second-order valence-corrected chi connectivity index (χ2v) is 5.51. The highest BCUT2D eigenvalue weighted by Crippen LogP contribution is 2.16. The van der Waals surface area contributed by atoms with E-state index in [1.165, 1.54) is 0 Å². The smallest absolute Gasteiger partial charge is 0.152 e. The average Bonchev–Trinajstić information content (AvgIpc) is 3.29. The summed E-state index contributed by atoms with van der Waals surface area (Å²) in [5.41, 5.74) is 2.18. The van der Waals surface area contributed by atoms with Crippen LogP contribution in [0.25, 0.3) is 5.65 Å². The minimum Gasteiger partial charge on any atom is -0.467 e. The first-order valence-electron chi connectivity index (χ1n) is 7.83. The lowest BCUT2D eigenvalue weighted by molar-refractivity contribution is 0.518. The number of pyridine rings is 1. The number of rotatable bonds is 6. The quantitative estimate of drug-likeness (QED) is 0.524. The van der Waals surface area contributed by atoms with Crippen molar-refractivity contribution in [2.45, 2.75) is 13.1 Å². The van der Waals surface area contributed by atoms with Crippen LogP contribution in [0.3, 0.4) is 0 Å². The van der Waals surface area contributed by atoms with E-state index in [9.17, 15) is 0 Å². The molecule has 0 saturated heterocycles. The van der Waals surface area contributed by atoms with Crippen molar-refractivity contribution >= 4 is 30.6 Å². The Morgan fingerprint density at radius 3 is 2.88 bits per heavy atom. The molecular formula is C17H15BN6O. The zero-order chi connectivity index (χ0) is 17.1. The van der Waals surface area contributed by atoms with Crippen molar-refractivity contribution in [3.63, 3.8) is 0 Å². The Morgan fingerprint density at radius 1 is 1.12 bits per heavy atom. The Labute approximate surface area is 145 Å². The Kier molecular flexibility index (Phi) is 4.08. The summed E-state index contributed by atoms with van der Waals surface area (Å²) in [4.78, 5) is 8.64. The molecule has 4 aromatic heterocycles. The van der Waals surface area contributed by atoms with Crippen LogP contribution in [0.4, 0.5) is 11.6 Å². The average molecular weight is 330 g/mol. The highest BCUT2D eigenvalue weighted by Gasteiger charge is 2.09. The van der Waals surface area contributed by atoms with Crippen LogP contribution in [0.5, 0.6) is 0 Å². The molecule has 2 N–H and O–H groups in total. The molecule has 8 heteroatoms. The van der Waals surface area contributed by atoms with E-state index in [0.717, 1.165) is 17.1 Å². The van der Waals surface area contributed by atoms with Crippen molar-refractivity contribution in [2.24, 2.45) is 0 Å². The molecule has 122 valence electrons. The summed E-state index contributed by atoms with van der Waals surface area (Å²) < 4.78 is 7.02. The molecule has 0 spiro atoms. The molecule has 0 saturated carbocycles. The maximum atomic E-state index is 5.98. The Hall–Kier alpha value is -3.29. The van der Waals surface area contributed by atoms with E-state index in [4.69, 9.17) is 12.3 Å². The van der Waals surface area contributed by atoms with Gasteiger partial charge in [-0.25, -0.2) is 4.98 Å². The molecule has 0 amide bonds. The van der Waals surface area contributed by atoms with Crippen LogP contribution >= 0.6 is 0 Å². The highest BCUT2D eigenvalue weighted by atomic mass is 16.3. The largest absolute Gasteiger partial charge is 0.467 e. The number of aromatic nitrogens is 4. The van der Waals surface area contributed by atoms with E-state index >= 15 is 0 Å². The summed E-state index contributed by atoms with van der Waals surface area (Å²) >= 11 is 0. The molecule has 0 aromatic carbocycles. The SMILES string of the molecule is [B]c1cnn2c(NCc3cccnc3)cc(NCc3ccco3)nc12. The summed E-state index contributed by atoms with van der Waals surface area (Å²) in [5, 5.41) is 10.9. The standard InChI is InChI=1S/C17H15BN6O/c18-14-11-22-24-16(21-9-12-3-1-5-19-8-12)7-15(23-17(14)24)20-10-13-4-2-6-25-13/h1-8,11,21H,9-10H2,(H,20,23). The van der Waals surface area contributed by atoms with E-state index in [-0.39, 0.29) is 0 Å². The van der Waals surface area contributed by atoms with Gasteiger partial charge in [0, 0.05) is 31.2 Å². The first kappa shape index (κ1) is 15.3. The Balaban J connectivity index is 1.59. The van der Waals surface area contributed by atoms with Crippen LogP contribution in [-0.2, 0) is 13.1 Å². The summed E-state index contributed by atoms with van der Waals surface area (Å²) in [6.45, 7) is 1.15. The Bertz CT molecular complexity index is 968. The molecule has 25 heavy (non-hydrogen) atoms. The number of nitrogens with one attached hydrogen (secondary N) is 2. The van der Waals surface area contributed by atoms with Crippen molar-refractivity contribution in [3.8, 4) is 0 Å². The van der Waals surface area contributed by atoms with Gasteiger partial charge in [0.05, 0.1) is 12.8 Å². The van der Waals surface area contributed by atoms with Crippen LogP contribution in [0, 0.1) is 0 Å². The third-order valence-electron chi connectivity index (χ3n) is 3.72. The van der Waals surface area contributed by atoms with Gasteiger partial charge in [0.2, 0.25) is 0 Å². The zero-order valence-corrected chi connectivity index (χ0v) is 13.4. The van der Waals surface area contributed by atoms with E-state index in [1.807, 2.05) is 36.5 Å². The van der Waals surface area contributed by atoms with E-state index < -0.39 is 0 Å². The molecule has 4 aromatic rings. The normalized spacial score (nSPS) is 10.9. The maximum Gasteiger partial charge on any atom is 0.152 e. The minimum atomic E-state index is 0.520. The molecular weight excluding hydrogens is 315 g/mol. The fourth-order valence-corrected chi connectivity index (χ4v) is 2.48. The molecule has 0 aliphatic rings. The van der Waals surface area contributed by atoms with Crippen molar-refractivity contribution in [3.05, 3.63) is 66.5 Å². The second kappa shape index (κ2) is 6.68. The van der Waals surface area contributed by atoms with Crippen LogP contribution in [0.2, 0.25) is 0 Å². The van der Waals surface area contributed by atoms with Gasteiger partial charge in [0.1, 0.15) is 25.2 Å². The molecule has 2 radical (unpaired) electrons. The fraction of sp³-hybridized carbons (Fsp3) is 0.118. The highest BCUT2D eigenvalue weighted by molar-refractivity contribution is 6.36. The van der Waals surface area contributed by atoms with Gasteiger partial charge in [0.15, 0.2) is 5.65 Å². The third kappa shape index (κ3) is 3.32. The third-order valence-corrected chi connectivity index (χ3v) is 3.72. The number of nitrogens with zero attached hydrogens (tertiary/aromatic N) is 4. The lowest BCUT2D eigenvalue weighted by atomic mass is 10.0. The molecule has 0 atom stereocenters. The number of fused-ring (bicyclic) bond motifs is 1. The number of hydrogen-bond donors (Lipinski definition) is 2. The van der Waals surface area contributed by atoms with E-state index in [0.29, 0.717) is 30.0 Å². The summed E-state index contributed by atoms with van der Waals surface area (Å²) in [6.07, 6.45) is 6.80. The molecule has 4 rings (SSSR count). The van der Waals surface area contributed by atoms with Gasteiger partial charge >= 0.3 is 0 Å². The lowest BCUT2D eigenvalue weighted by Crippen LogP contribution is -2.11. The predicted molar refractivity (Wildman–Crippen MR) is 96.0 cm³/mol. The van der Waals surface area contributed by atoms with Gasteiger partial charge < -0.3 is 15.1 Å². The van der Waals surface area contributed by atoms with Gasteiger partial charge in [-0.2, -0.15) is 9.61 Å². The van der Waals surface area contributed by atoms with Crippen molar-refractivity contribution in [2.75, 3.05) is 10.6 Å². The molecule has 7 nitrogen and oxygen atoms in total. The number of hydrogen-bond acceptors (Lipinski definition) is 6. The molecule has 0 bridgehead atoms. The summed E-state index contributed by atoms with van der Waals surface area (Å²) in [7, 11) is 5.98. The lowest BCUT2D eigenvalue weighted by Gasteiger charge is -2.11. The predicted octanol–water partition coefficient (Wildman–Crippen LogP) is 1.74. The fourth-order valence-electron chi connectivity index (χ4n) is 2.48. The molecule has 0 fully saturated rings. The van der Waals surface area contributed by atoms with Crippen molar-refractivity contribution in [1.29, 1.82) is 0 Å². The maximum absolute atomic E-state index is 5.98. The molecule has 0 aliphatic carbocycles. The van der Waals surface area contributed by atoms with Gasteiger partial charge in [-0.3, -0.25) is 4.98 Å². The van der Waals surface area contributed by atoms with Crippen LogP contribution < -0.4 is 16.1 Å². The van der Waals surface area contributed by atoms with Gasteiger partial charge in [0.25, 0.3) is 0 Å². The first-order valence-corrected chi connectivity index (χ1v) is 7.83. The van der Waals surface area contributed by atoms with Crippen molar-refractivity contribution in [1.82, 2.24) is 19.6 Å². The second-order valence-electron chi connectivity index (χ2n) is 5.51. The minimum absolute atomic E-state index is 0.520. The summed E-state index contributed by atoms with van der Waals surface area (Å²) in [6, 6.07) is 9.55. The van der Waals surface area contributed by atoms with Gasteiger partial charge in [-0.15, -0.1) is 0 Å².